The number of carbonyl (C=O) groups is 1. The predicted octanol–water partition coefficient (Wildman–Crippen LogP) is -0.598. The molecule has 9 heteroatoms. The Kier molecular flexibility index (Phi) is 4.71. The van der Waals surface area contributed by atoms with Crippen molar-refractivity contribution in [1.82, 2.24) is 14.5 Å². The molecule has 7 nitrogen and oxygen atoms in total. The van der Waals surface area contributed by atoms with Gasteiger partial charge in [0.15, 0.2) is 9.84 Å². The molecule has 20 heavy (non-hydrogen) atoms. The van der Waals surface area contributed by atoms with Crippen LogP contribution in [0.4, 0.5) is 0 Å². The van der Waals surface area contributed by atoms with E-state index in [0.29, 0.717) is 25.4 Å². The second-order valence-corrected chi connectivity index (χ2v) is 8.00. The summed E-state index contributed by atoms with van der Waals surface area (Å²) in [4.78, 5) is 17.9. The first-order valence-electron chi connectivity index (χ1n) is 6.23. The van der Waals surface area contributed by atoms with Gasteiger partial charge in [0, 0.05) is 43.6 Å². The van der Waals surface area contributed by atoms with Crippen LogP contribution in [0.1, 0.15) is 10.5 Å². The normalized spacial score (nSPS) is 20.1. The number of carbonyl (C=O) groups excluding carboxylic acids is 1. The van der Waals surface area contributed by atoms with Crippen LogP contribution in [-0.2, 0) is 16.4 Å². The van der Waals surface area contributed by atoms with Gasteiger partial charge in [-0.2, -0.15) is 11.8 Å². The van der Waals surface area contributed by atoms with Gasteiger partial charge in [-0.1, -0.05) is 0 Å². The van der Waals surface area contributed by atoms with Gasteiger partial charge in [-0.3, -0.25) is 4.79 Å². The number of aromatic nitrogens is 2. The molecule has 0 radical (unpaired) electrons. The summed E-state index contributed by atoms with van der Waals surface area (Å²) in [6.45, 7) is 1.45. The Labute approximate surface area is 122 Å². The number of hydrogen-bond donors (Lipinski definition) is 1. The molecule has 0 aromatic carbocycles. The van der Waals surface area contributed by atoms with Gasteiger partial charge in [0.25, 0.3) is 5.91 Å². The maximum atomic E-state index is 12.4. The number of nitrogens with zero attached hydrogens (tertiary/aromatic N) is 3. The number of sulfone groups is 1. The molecule has 2 heterocycles. The van der Waals surface area contributed by atoms with Gasteiger partial charge in [-0.25, -0.2) is 13.4 Å². The van der Waals surface area contributed by atoms with Gasteiger partial charge < -0.3 is 15.2 Å². The van der Waals surface area contributed by atoms with Crippen LogP contribution in [0.2, 0.25) is 0 Å². The van der Waals surface area contributed by atoms with Crippen LogP contribution in [0.3, 0.4) is 0 Å². The van der Waals surface area contributed by atoms with E-state index in [2.05, 4.69) is 4.98 Å². The maximum absolute atomic E-state index is 12.4. The molecule has 1 aromatic rings. The molecule has 0 bridgehead atoms. The van der Waals surface area contributed by atoms with Crippen LogP contribution in [0.25, 0.3) is 0 Å². The zero-order valence-corrected chi connectivity index (χ0v) is 12.9. The van der Waals surface area contributed by atoms with Crippen molar-refractivity contribution < 1.29 is 13.2 Å². The fourth-order valence-corrected chi connectivity index (χ4v) is 4.87. The average Bonchev–Trinajstić information content (AvgIpc) is 2.86. The van der Waals surface area contributed by atoms with E-state index in [4.69, 9.17) is 5.73 Å². The Morgan fingerprint density at radius 1 is 1.60 bits per heavy atom. The summed E-state index contributed by atoms with van der Waals surface area (Å²) in [5, 5.41) is -0.770. The Balaban J connectivity index is 2.20. The fraction of sp³-hybridized carbons (Fsp3) is 0.636. The van der Waals surface area contributed by atoms with Crippen LogP contribution in [0.5, 0.6) is 0 Å². The summed E-state index contributed by atoms with van der Waals surface area (Å²) in [6.07, 6.45) is 4.31. The van der Waals surface area contributed by atoms with E-state index in [1.807, 2.05) is 0 Å². The number of hydrogen-bond acceptors (Lipinski definition) is 6. The second-order valence-electron chi connectivity index (χ2n) is 4.64. The fourth-order valence-electron chi connectivity index (χ4n) is 2.06. The van der Waals surface area contributed by atoms with Crippen LogP contribution in [0.15, 0.2) is 12.5 Å². The third-order valence-corrected chi connectivity index (χ3v) is 5.72. The van der Waals surface area contributed by atoms with E-state index in [9.17, 15) is 13.2 Å². The lowest BCUT2D eigenvalue weighted by Crippen LogP contribution is -2.50. The van der Waals surface area contributed by atoms with E-state index in [0.717, 1.165) is 12.0 Å². The largest absolute Gasteiger partial charge is 0.335 e. The summed E-state index contributed by atoms with van der Waals surface area (Å²) in [6, 6.07) is 0. The van der Waals surface area contributed by atoms with Gasteiger partial charge in [0.1, 0.15) is 11.1 Å². The monoisotopic (exact) mass is 318 g/mol. The predicted molar refractivity (Wildman–Crippen MR) is 78.3 cm³/mol. The summed E-state index contributed by atoms with van der Waals surface area (Å²) < 4.78 is 25.3. The Morgan fingerprint density at radius 3 is 3.00 bits per heavy atom. The lowest BCUT2D eigenvalue weighted by atomic mass is 10.3. The number of imidazole rings is 1. The molecule has 1 saturated heterocycles. The third kappa shape index (κ3) is 3.33. The Bertz CT molecular complexity index is 584. The number of nitrogens with two attached hydrogens (primary N) is 1. The first kappa shape index (κ1) is 15.3. The first-order chi connectivity index (χ1) is 9.43. The molecule has 1 unspecified atom stereocenters. The molecule has 2 rings (SSSR count). The molecule has 0 aliphatic carbocycles. The molecular formula is C11H18N4O3S2. The first-order valence-corrected chi connectivity index (χ1v) is 9.34. The van der Waals surface area contributed by atoms with Crippen molar-refractivity contribution in [2.75, 3.05) is 30.9 Å². The van der Waals surface area contributed by atoms with Crippen LogP contribution in [0, 0.1) is 0 Å². The van der Waals surface area contributed by atoms with E-state index in [1.165, 1.54) is 11.2 Å². The summed E-state index contributed by atoms with van der Waals surface area (Å²) in [7, 11) is -3.30. The molecule has 1 aliphatic rings. The minimum Gasteiger partial charge on any atom is -0.335 e. The lowest BCUT2D eigenvalue weighted by molar-refractivity contribution is 0.0744. The lowest BCUT2D eigenvalue weighted by Gasteiger charge is -2.33. The minimum atomic E-state index is -3.30. The minimum absolute atomic E-state index is 0.263. The zero-order valence-electron chi connectivity index (χ0n) is 11.2. The van der Waals surface area contributed by atoms with E-state index in [1.54, 1.807) is 22.5 Å². The van der Waals surface area contributed by atoms with E-state index >= 15 is 0 Å². The second kappa shape index (κ2) is 6.15. The molecule has 1 atom stereocenters. The third-order valence-electron chi connectivity index (χ3n) is 3.08. The quantitative estimate of drug-likeness (QED) is 0.796. The van der Waals surface area contributed by atoms with Crippen molar-refractivity contribution in [1.29, 1.82) is 0 Å². The SMILES string of the molecule is CS(=O)(=O)C1CSCCN1C(=O)c1cn(CCN)cn1. The molecule has 0 saturated carbocycles. The van der Waals surface area contributed by atoms with Gasteiger partial charge in [0.05, 0.1) is 6.33 Å². The number of amides is 1. The van der Waals surface area contributed by atoms with E-state index in [-0.39, 0.29) is 11.6 Å². The molecule has 1 aliphatic heterocycles. The summed E-state index contributed by atoms with van der Waals surface area (Å²) in [5.74, 6) is 0.812. The number of thioether (sulfide) groups is 1. The standard InChI is InChI=1S/C11H18N4O3S2/c1-20(17,18)10-7-19-5-4-15(10)11(16)9-6-14(3-2-12)8-13-9/h6,8,10H,2-5,7,12H2,1H3. The van der Waals surface area contributed by atoms with Crippen molar-refractivity contribution in [2.45, 2.75) is 11.9 Å². The maximum Gasteiger partial charge on any atom is 0.275 e. The van der Waals surface area contributed by atoms with Gasteiger partial charge >= 0.3 is 0 Å². The molecule has 1 fully saturated rings. The molecule has 0 spiro atoms. The topological polar surface area (TPSA) is 98.3 Å². The van der Waals surface area contributed by atoms with Gasteiger partial charge in [-0.15, -0.1) is 0 Å². The Morgan fingerprint density at radius 2 is 2.35 bits per heavy atom. The molecule has 2 N–H and O–H groups in total. The summed E-state index contributed by atoms with van der Waals surface area (Å²) in [5.41, 5.74) is 5.70. The average molecular weight is 318 g/mol. The molecule has 1 aromatic heterocycles. The zero-order chi connectivity index (χ0) is 14.8. The van der Waals surface area contributed by atoms with Crippen LogP contribution in [-0.4, -0.2) is 65.0 Å². The van der Waals surface area contributed by atoms with Crippen molar-refractivity contribution in [3.8, 4) is 0 Å². The molecule has 1 amide bonds. The van der Waals surface area contributed by atoms with Crippen molar-refractivity contribution >= 4 is 27.5 Å². The van der Waals surface area contributed by atoms with Crippen molar-refractivity contribution in [2.24, 2.45) is 5.73 Å². The highest BCUT2D eigenvalue weighted by Crippen LogP contribution is 2.22. The van der Waals surface area contributed by atoms with Crippen molar-refractivity contribution in [3.05, 3.63) is 18.2 Å². The highest BCUT2D eigenvalue weighted by atomic mass is 32.2. The highest BCUT2D eigenvalue weighted by molar-refractivity contribution is 8.00. The summed E-state index contributed by atoms with van der Waals surface area (Å²) >= 11 is 1.54. The van der Waals surface area contributed by atoms with Crippen LogP contribution >= 0.6 is 11.8 Å². The van der Waals surface area contributed by atoms with Gasteiger partial charge in [0.2, 0.25) is 0 Å². The molecule has 112 valence electrons. The van der Waals surface area contributed by atoms with E-state index < -0.39 is 15.2 Å². The van der Waals surface area contributed by atoms with Crippen molar-refractivity contribution in [3.63, 3.8) is 0 Å². The highest BCUT2D eigenvalue weighted by Gasteiger charge is 2.35. The number of rotatable bonds is 4. The van der Waals surface area contributed by atoms with Crippen LogP contribution < -0.4 is 5.73 Å². The van der Waals surface area contributed by atoms with Gasteiger partial charge in [-0.05, 0) is 0 Å². The smallest absolute Gasteiger partial charge is 0.275 e. The Hall–Kier alpha value is -1.06. The molecular weight excluding hydrogens is 300 g/mol.